The van der Waals surface area contributed by atoms with Crippen molar-refractivity contribution < 1.29 is 17.9 Å². The van der Waals surface area contributed by atoms with Gasteiger partial charge in [0.15, 0.2) is 0 Å². The minimum atomic E-state index is -3.56. The second kappa shape index (κ2) is 6.88. The predicted octanol–water partition coefficient (Wildman–Crippen LogP) is 1.63. The van der Waals surface area contributed by atoms with Crippen molar-refractivity contribution in [3.8, 4) is 5.75 Å². The first kappa shape index (κ1) is 15.9. The second-order valence-corrected chi connectivity index (χ2v) is 6.09. The van der Waals surface area contributed by atoms with Crippen molar-refractivity contribution in [3.63, 3.8) is 0 Å². The van der Waals surface area contributed by atoms with Crippen LogP contribution in [0.1, 0.15) is 17.5 Å². The molecule has 5 nitrogen and oxygen atoms in total. The number of rotatable bonds is 7. The summed E-state index contributed by atoms with van der Waals surface area (Å²) < 4.78 is 37.1. The summed E-state index contributed by atoms with van der Waals surface area (Å²) in [4.78, 5) is 0.185. The molecule has 6 heteroatoms. The highest BCUT2D eigenvalue weighted by molar-refractivity contribution is 7.89. The quantitative estimate of drug-likeness (QED) is 0.774. The molecule has 0 heterocycles. The molecule has 0 saturated heterocycles. The van der Waals surface area contributed by atoms with E-state index in [9.17, 15) is 8.42 Å². The van der Waals surface area contributed by atoms with Crippen molar-refractivity contribution in [1.82, 2.24) is 4.72 Å². The molecule has 0 fully saturated rings. The van der Waals surface area contributed by atoms with Gasteiger partial charge < -0.3 is 9.47 Å². The van der Waals surface area contributed by atoms with E-state index in [1.807, 2.05) is 19.9 Å². The summed E-state index contributed by atoms with van der Waals surface area (Å²) in [6.45, 7) is 4.55. The first-order valence-electron chi connectivity index (χ1n) is 6.06. The third-order valence-electron chi connectivity index (χ3n) is 2.70. The number of nitrogens with one attached hydrogen (secondary N) is 1. The van der Waals surface area contributed by atoms with E-state index in [2.05, 4.69) is 4.72 Å². The molecule has 1 aromatic rings. The molecule has 0 unspecified atom stereocenters. The van der Waals surface area contributed by atoms with E-state index in [1.54, 1.807) is 13.2 Å². The largest absolute Gasteiger partial charge is 0.495 e. The Bertz CT molecular complexity index is 526. The van der Waals surface area contributed by atoms with Crippen LogP contribution in [0.25, 0.3) is 0 Å². The van der Waals surface area contributed by atoms with Crippen molar-refractivity contribution in [2.45, 2.75) is 25.2 Å². The molecule has 0 bridgehead atoms. The molecule has 0 aliphatic heterocycles. The predicted molar refractivity (Wildman–Crippen MR) is 74.1 cm³/mol. The van der Waals surface area contributed by atoms with Crippen molar-refractivity contribution in [2.75, 3.05) is 27.4 Å². The Kier molecular flexibility index (Phi) is 5.78. The van der Waals surface area contributed by atoms with Crippen LogP contribution < -0.4 is 9.46 Å². The van der Waals surface area contributed by atoms with Crippen LogP contribution in [0, 0.1) is 13.8 Å². The maximum Gasteiger partial charge on any atom is 0.244 e. The summed E-state index contributed by atoms with van der Waals surface area (Å²) in [5, 5.41) is 0. The van der Waals surface area contributed by atoms with Crippen LogP contribution >= 0.6 is 0 Å². The lowest BCUT2D eigenvalue weighted by molar-refractivity contribution is 0.196. The van der Waals surface area contributed by atoms with Gasteiger partial charge in [0, 0.05) is 20.3 Å². The van der Waals surface area contributed by atoms with Gasteiger partial charge in [-0.25, -0.2) is 13.1 Å². The number of benzene rings is 1. The smallest absolute Gasteiger partial charge is 0.244 e. The van der Waals surface area contributed by atoms with Gasteiger partial charge in [-0.15, -0.1) is 0 Å². The Labute approximate surface area is 115 Å². The summed E-state index contributed by atoms with van der Waals surface area (Å²) in [6, 6.07) is 3.51. The Morgan fingerprint density at radius 1 is 1.21 bits per heavy atom. The first-order chi connectivity index (χ1) is 8.92. The fraction of sp³-hybridized carbons (Fsp3) is 0.538. The number of ether oxygens (including phenoxy) is 2. The minimum Gasteiger partial charge on any atom is -0.495 e. The Morgan fingerprint density at radius 3 is 2.47 bits per heavy atom. The second-order valence-electron chi connectivity index (χ2n) is 4.36. The third-order valence-corrected chi connectivity index (χ3v) is 4.16. The normalized spacial score (nSPS) is 11.6. The SMILES string of the molecule is COCCCNS(=O)(=O)c1cc(C)cc(C)c1OC. The van der Waals surface area contributed by atoms with Crippen LogP contribution in [-0.2, 0) is 14.8 Å². The van der Waals surface area contributed by atoms with E-state index in [1.165, 1.54) is 7.11 Å². The molecule has 0 spiro atoms. The molecule has 0 atom stereocenters. The van der Waals surface area contributed by atoms with Crippen LogP contribution in [0.4, 0.5) is 0 Å². The van der Waals surface area contributed by atoms with E-state index in [0.29, 0.717) is 25.3 Å². The van der Waals surface area contributed by atoms with Crippen molar-refractivity contribution in [3.05, 3.63) is 23.3 Å². The topological polar surface area (TPSA) is 64.6 Å². The standard InChI is InChI=1S/C13H21NO4S/c1-10-8-11(2)13(18-4)12(9-10)19(15,16)14-6-5-7-17-3/h8-9,14H,5-7H2,1-4H3. The van der Waals surface area contributed by atoms with Crippen molar-refractivity contribution in [2.24, 2.45) is 0 Å². The van der Waals surface area contributed by atoms with E-state index in [0.717, 1.165) is 11.1 Å². The summed E-state index contributed by atoms with van der Waals surface area (Å²) in [6.07, 6.45) is 0.628. The molecule has 0 amide bonds. The zero-order valence-corrected chi connectivity index (χ0v) is 12.6. The van der Waals surface area contributed by atoms with Crippen LogP contribution in [0.3, 0.4) is 0 Å². The van der Waals surface area contributed by atoms with Crippen molar-refractivity contribution in [1.29, 1.82) is 0 Å². The number of hydrogen-bond donors (Lipinski definition) is 1. The van der Waals surface area contributed by atoms with Gasteiger partial charge in [-0.05, 0) is 37.5 Å². The monoisotopic (exact) mass is 287 g/mol. The number of aryl methyl sites for hydroxylation is 2. The van der Waals surface area contributed by atoms with Crippen LogP contribution in [0.15, 0.2) is 17.0 Å². The molecule has 1 rings (SSSR count). The first-order valence-corrected chi connectivity index (χ1v) is 7.54. The molecule has 1 aromatic carbocycles. The van der Waals surface area contributed by atoms with Crippen LogP contribution in [-0.4, -0.2) is 35.8 Å². The van der Waals surface area contributed by atoms with Gasteiger partial charge in [0.25, 0.3) is 0 Å². The average molecular weight is 287 g/mol. The van der Waals surface area contributed by atoms with Gasteiger partial charge >= 0.3 is 0 Å². The number of methoxy groups -OCH3 is 2. The Hall–Kier alpha value is -1.11. The average Bonchev–Trinajstić information content (AvgIpc) is 2.34. The maximum absolute atomic E-state index is 12.2. The van der Waals surface area contributed by atoms with Gasteiger partial charge in [0.2, 0.25) is 10.0 Å². The Morgan fingerprint density at radius 2 is 1.89 bits per heavy atom. The summed E-state index contributed by atoms with van der Waals surface area (Å²) in [5.41, 5.74) is 1.69. The van der Waals surface area contributed by atoms with Gasteiger partial charge in [-0.3, -0.25) is 0 Å². The lowest BCUT2D eigenvalue weighted by Crippen LogP contribution is -2.26. The highest BCUT2D eigenvalue weighted by Gasteiger charge is 2.20. The number of hydrogen-bond acceptors (Lipinski definition) is 4. The van der Waals surface area contributed by atoms with Gasteiger partial charge in [0.1, 0.15) is 10.6 Å². The van der Waals surface area contributed by atoms with Crippen molar-refractivity contribution >= 4 is 10.0 Å². The summed E-state index contributed by atoms with van der Waals surface area (Å²) in [5.74, 6) is 0.393. The van der Waals surface area contributed by atoms with E-state index < -0.39 is 10.0 Å². The minimum absolute atomic E-state index is 0.185. The molecule has 0 radical (unpaired) electrons. The zero-order valence-electron chi connectivity index (χ0n) is 11.8. The Balaban J connectivity index is 3.00. The third kappa shape index (κ3) is 4.19. The molecule has 0 aliphatic rings. The van der Waals surface area contributed by atoms with Gasteiger partial charge in [-0.1, -0.05) is 6.07 Å². The lowest BCUT2D eigenvalue weighted by atomic mass is 10.1. The zero-order chi connectivity index (χ0) is 14.5. The molecular weight excluding hydrogens is 266 g/mol. The lowest BCUT2D eigenvalue weighted by Gasteiger charge is -2.13. The molecule has 0 saturated carbocycles. The van der Waals surface area contributed by atoms with E-state index in [4.69, 9.17) is 9.47 Å². The highest BCUT2D eigenvalue weighted by atomic mass is 32.2. The molecule has 108 valence electrons. The fourth-order valence-corrected chi connectivity index (χ4v) is 3.28. The van der Waals surface area contributed by atoms with E-state index >= 15 is 0 Å². The summed E-state index contributed by atoms with van der Waals surface area (Å²) in [7, 11) is -0.500. The van der Waals surface area contributed by atoms with Crippen LogP contribution in [0.5, 0.6) is 5.75 Å². The molecule has 19 heavy (non-hydrogen) atoms. The molecule has 1 N–H and O–H groups in total. The maximum atomic E-state index is 12.2. The molecule has 0 aliphatic carbocycles. The summed E-state index contributed by atoms with van der Waals surface area (Å²) >= 11 is 0. The highest BCUT2D eigenvalue weighted by Crippen LogP contribution is 2.28. The van der Waals surface area contributed by atoms with Gasteiger partial charge in [-0.2, -0.15) is 0 Å². The molecule has 0 aromatic heterocycles. The van der Waals surface area contributed by atoms with E-state index in [-0.39, 0.29) is 4.90 Å². The number of sulfonamides is 1. The van der Waals surface area contributed by atoms with Gasteiger partial charge in [0.05, 0.1) is 7.11 Å². The molecular formula is C13H21NO4S. The fourth-order valence-electron chi connectivity index (χ4n) is 1.88. The van der Waals surface area contributed by atoms with Crippen LogP contribution in [0.2, 0.25) is 0 Å².